The van der Waals surface area contributed by atoms with Gasteiger partial charge in [-0.1, -0.05) is 29.8 Å². The molecule has 0 bridgehead atoms. The maximum atomic E-state index is 15.0. The van der Waals surface area contributed by atoms with Crippen LogP contribution in [-0.2, 0) is 11.4 Å². The summed E-state index contributed by atoms with van der Waals surface area (Å²) in [6.07, 6.45) is 5.56. The Hall–Kier alpha value is -2.98. The average Bonchev–Trinajstić information content (AvgIpc) is 2.88. The number of rotatable bonds is 6. The zero-order valence-electron chi connectivity index (χ0n) is 19.2. The number of nitrogens with one attached hydrogen (secondary N) is 2. The van der Waals surface area contributed by atoms with Crippen LogP contribution in [0.5, 0.6) is 0 Å². The van der Waals surface area contributed by atoms with Gasteiger partial charge in [0.1, 0.15) is 17.0 Å². The lowest BCUT2D eigenvalue weighted by Gasteiger charge is -2.26. The van der Waals surface area contributed by atoms with E-state index < -0.39 is 23.0 Å². The molecule has 4 aromatic rings. The van der Waals surface area contributed by atoms with Crippen molar-refractivity contribution in [1.29, 1.82) is 0 Å². The Morgan fingerprint density at radius 3 is 2.56 bits per heavy atom. The topological polar surface area (TPSA) is 98.9 Å². The largest absolute Gasteiger partial charge is 0.588 e. The molecule has 3 aromatic carbocycles. The fourth-order valence-corrected chi connectivity index (χ4v) is 5.58. The van der Waals surface area contributed by atoms with Crippen molar-refractivity contribution in [3.8, 4) is 11.1 Å². The van der Waals surface area contributed by atoms with Crippen LogP contribution in [0.2, 0.25) is 5.02 Å². The number of anilines is 2. The molecular weight excluding hydrogens is 504 g/mol. The van der Waals surface area contributed by atoms with Crippen LogP contribution in [0.3, 0.4) is 0 Å². The van der Waals surface area contributed by atoms with E-state index in [4.69, 9.17) is 17.3 Å². The van der Waals surface area contributed by atoms with Crippen molar-refractivity contribution in [2.45, 2.75) is 42.7 Å². The van der Waals surface area contributed by atoms with Gasteiger partial charge in [-0.2, -0.15) is 0 Å². The van der Waals surface area contributed by atoms with E-state index in [1.165, 1.54) is 12.1 Å². The minimum atomic E-state index is -1.86. The predicted octanol–water partition coefficient (Wildman–Crippen LogP) is 6.04. The van der Waals surface area contributed by atoms with Crippen LogP contribution in [0, 0.1) is 11.6 Å². The van der Waals surface area contributed by atoms with E-state index in [0.29, 0.717) is 22.4 Å². The number of fused-ring (bicyclic) bond motifs is 1. The Bertz CT molecular complexity index is 1400. The third-order valence-electron chi connectivity index (χ3n) is 6.32. The second kappa shape index (κ2) is 10.6. The van der Waals surface area contributed by atoms with Gasteiger partial charge in [-0.3, -0.25) is 0 Å². The molecule has 1 saturated carbocycles. The lowest BCUT2D eigenvalue weighted by molar-refractivity contribution is 0.410. The molecular formula is C26H24ClF2N5OS. The van der Waals surface area contributed by atoms with Gasteiger partial charge in [0.05, 0.1) is 10.5 Å². The normalized spacial score (nSPS) is 18.7. The van der Waals surface area contributed by atoms with E-state index in [9.17, 15) is 8.94 Å². The van der Waals surface area contributed by atoms with Gasteiger partial charge in [0.2, 0.25) is 5.95 Å². The molecule has 6 nitrogen and oxygen atoms in total. The number of hydrogen-bond acceptors (Lipinski definition) is 6. The first kappa shape index (κ1) is 24.7. The second-order valence-electron chi connectivity index (χ2n) is 8.81. The van der Waals surface area contributed by atoms with Gasteiger partial charge in [-0.05, 0) is 67.6 Å². The summed E-state index contributed by atoms with van der Waals surface area (Å²) in [5.74, 6) is -1.64. The fourth-order valence-electron chi connectivity index (χ4n) is 4.32. The Labute approximate surface area is 215 Å². The van der Waals surface area contributed by atoms with Crippen molar-refractivity contribution in [3.05, 3.63) is 77.5 Å². The van der Waals surface area contributed by atoms with E-state index >= 15 is 4.39 Å². The van der Waals surface area contributed by atoms with Crippen LogP contribution < -0.4 is 15.8 Å². The Morgan fingerprint density at radius 1 is 1.00 bits per heavy atom. The molecule has 1 aromatic heterocycles. The summed E-state index contributed by atoms with van der Waals surface area (Å²) in [5, 5.41) is 4.33. The molecule has 0 saturated heterocycles. The highest BCUT2D eigenvalue weighted by molar-refractivity contribution is 7.92. The summed E-state index contributed by atoms with van der Waals surface area (Å²) in [6.45, 7) is 0. The number of hydrogen-bond donors (Lipinski definition) is 3. The molecule has 186 valence electrons. The van der Waals surface area contributed by atoms with Crippen molar-refractivity contribution in [1.82, 2.24) is 9.97 Å². The molecule has 5 rings (SSSR count). The zero-order valence-corrected chi connectivity index (χ0v) is 20.8. The van der Waals surface area contributed by atoms with Gasteiger partial charge >= 0.3 is 0 Å². The molecule has 4 N–H and O–H groups in total. The summed E-state index contributed by atoms with van der Waals surface area (Å²) in [4.78, 5) is 9.25. The van der Waals surface area contributed by atoms with E-state index in [1.807, 2.05) is 0 Å². The molecule has 1 heterocycles. The van der Waals surface area contributed by atoms with E-state index in [1.54, 1.807) is 48.7 Å². The summed E-state index contributed by atoms with van der Waals surface area (Å²) >= 11 is 4.19. The SMILES string of the molecule is N[C@H]1CC[C@H](Nc2ncc3cc(-c4ccc(N[S+]([O-])c5ccccc5Cl)c(F)c4F)ccc3n2)CC1. The monoisotopic (exact) mass is 527 g/mol. The standard InChI is InChI=1S/C26H24ClF2N5OS/c27-20-3-1-2-4-23(20)36(35)34-22-12-10-19(24(28)25(22)29)15-5-11-21-16(13-15)14-31-26(33-21)32-18-8-6-17(30)7-9-18/h1-5,10-14,17-18,34H,6-9,30H2,(H,31,32,33)/t17-,18-,36?. The van der Waals surface area contributed by atoms with E-state index in [-0.39, 0.29) is 33.3 Å². The molecule has 0 amide bonds. The molecule has 36 heavy (non-hydrogen) atoms. The highest BCUT2D eigenvalue weighted by Gasteiger charge is 2.22. The number of nitrogens with zero attached hydrogens (tertiary/aromatic N) is 2. The molecule has 1 aliphatic carbocycles. The van der Waals surface area contributed by atoms with Crippen molar-refractivity contribution < 1.29 is 13.3 Å². The maximum Gasteiger partial charge on any atom is 0.223 e. The van der Waals surface area contributed by atoms with Gasteiger partial charge in [0, 0.05) is 29.2 Å². The number of nitrogens with two attached hydrogens (primary N) is 1. The number of benzene rings is 3. The Morgan fingerprint density at radius 2 is 1.78 bits per heavy atom. The maximum absolute atomic E-state index is 15.0. The molecule has 0 aliphatic heterocycles. The van der Waals surface area contributed by atoms with Crippen molar-refractivity contribution in [2.24, 2.45) is 5.73 Å². The van der Waals surface area contributed by atoms with Gasteiger partial charge in [0.25, 0.3) is 0 Å². The molecule has 1 aliphatic rings. The highest BCUT2D eigenvalue weighted by Crippen LogP contribution is 2.32. The molecule has 1 fully saturated rings. The summed E-state index contributed by atoms with van der Waals surface area (Å²) in [7, 11) is 0. The van der Waals surface area contributed by atoms with Crippen molar-refractivity contribution in [2.75, 3.05) is 10.0 Å². The number of aromatic nitrogens is 2. The average molecular weight is 528 g/mol. The van der Waals surface area contributed by atoms with Crippen molar-refractivity contribution in [3.63, 3.8) is 0 Å². The summed E-state index contributed by atoms with van der Waals surface area (Å²) in [5.41, 5.74) is 6.99. The lowest BCUT2D eigenvalue weighted by Crippen LogP contribution is -2.33. The summed E-state index contributed by atoms with van der Waals surface area (Å²) < 4.78 is 45.0. The second-order valence-corrected chi connectivity index (χ2v) is 10.4. The molecule has 1 atom stereocenters. The fraction of sp³-hybridized carbons (Fsp3) is 0.231. The number of halogens is 3. The van der Waals surface area contributed by atoms with Crippen LogP contribution in [0.4, 0.5) is 20.4 Å². The predicted molar refractivity (Wildman–Crippen MR) is 140 cm³/mol. The minimum Gasteiger partial charge on any atom is -0.588 e. The smallest absolute Gasteiger partial charge is 0.223 e. The van der Waals surface area contributed by atoms with Crippen LogP contribution in [-0.4, -0.2) is 26.6 Å². The third-order valence-corrected chi connectivity index (χ3v) is 7.92. The van der Waals surface area contributed by atoms with Gasteiger partial charge in [-0.25, -0.2) is 23.5 Å². The summed E-state index contributed by atoms with van der Waals surface area (Å²) in [6, 6.07) is 15.0. The van der Waals surface area contributed by atoms with Gasteiger partial charge in [-0.15, -0.1) is 0 Å². The van der Waals surface area contributed by atoms with Gasteiger partial charge in [0.15, 0.2) is 16.5 Å². The van der Waals surface area contributed by atoms with Crippen LogP contribution in [0.15, 0.2) is 65.7 Å². The van der Waals surface area contributed by atoms with Crippen LogP contribution >= 0.6 is 11.6 Å². The first-order valence-corrected chi connectivity index (χ1v) is 13.1. The quantitative estimate of drug-likeness (QED) is 0.264. The minimum absolute atomic E-state index is 0.0734. The van der Waals surface area contributed by atoms with Crippen LogP contribution in [0.25, 0.3) is 22.0 Å². The van der Waals surface area contributed by atoms with E-state index in [2.05, 4.69) is 20.0 Å². The van der Waals surface area contributed by atoms with Crippen LogP contribution in [0.1, 0.15) is 25.7 Å². The Kier molecular flexibility index (Phi) is 7.25. The lowest BCUT2D eigenvalue weighted by atomic mass is 9.92. The molecule has 0 radical (unpaired) electrons. The molecule has 1 unspecified atom stereocenters. The third kappa shape index (κ3) is 5.24. The first-order valence-electron chi connectivity index (χ1n) is 11.6. The van der Waals surface area contributed by atoms with E-state index in [0.717, 1.165) is 25.7 Å². The molecule has 0 spiro atoms. The Balaban J connectivity index is 1.35. The van der Waals surface area contributed by atoms with Gasteiger partial charge < -0.3 is 15.6 Å². The molecule has 10 heteroatoms. The van der Waals surface area contributed by atoms with Crippen molar-refractivity contribution >= 4 is 45.5 Å². The first-order chi connectivity index (χ1) is 17.4. The zero-order chi connectivity index (χ0) is 25.2. The highest BCUT2D eigenvalue weighted by atomic mass is 35.5.